The highest BCUT2D eigenvalue weighted by molar-refractivity contribution is 6.35. The van der Waals surface area contributed by atoms with Gasteiger partial charge in [0.1, 0.15) is 5.60 Å². The molecule has 0 saturated carbocycles. The van der Waals surface area contributed by atoms with Gasteiger partial charge in [-0.25, -0.2) is 4.79 Å². The molecule has 1 aromatic rings. The molecular formula is C20H29Cl2N3O3. The summed E-state index contributed by atoms with van der Waals surface area (Å²) in [5.74, 6) is 0.135. The van der Waals surface area contributed by atoms with Crippen molar-refractivity contribution >= 4 is 40.9 Å². The average molecular weight is 430 g/mol. The Bertz CT molecular complexity index is 706. The number of hydrogen-bond donors (Lipinski definition) is 2. The molecule has 2 rings (SSSR count). The summed E-state index contributed by atoms with van der Waals surface area (Å²) < 4.78 is 5.28. The van der Waals surface area contributed by atoms with Gasteiger partial charge in [0.25, 0.3) is 0 Å². The van der Waals surface area contributed by atoms with E-state index in [0.717, 1.165) is 25.9 Å². The fourth-order valence-electron chi connectivity index (χ4n) is 3.15. The van der Waals surface area contributed by atoms with E-state index in [4.69, 9.17) is 27.9 Å². The molecule has 2 unspecified atom stereocenters. The Morgan fingerprint density at radius 2 is 2.04 bits per heavy atom. The SMILES string of the molecule is CC(C(=O)Nc1cc(Cl)ccc1Cl)N1CCCC(CNC(=O)OC(C)(C)C)C1. The molecule has 0 radical (unpaired) electrons. The van der Waals surface area contributed by atoms with Gasteiger partial charge in [-0.3, -0.25) is 9.69 Å². The molecule has 8 heteroatoms. The Labute approximate surface area is 176 Å². The molecule has 0 aromatic heterocycles. The number of halogens is 2. The predicted octanol–water partition coefficient (Wildman–Crippen LogP) is 4.56. The number of piperidine rings is 1. The first-order valence-corrected chi connectivity index (χ1v) is 10.3. The Hall–Kier alpha value is -1.50. The molecule has 1 fully saturated rings. The maximum absolute atomic E-state index is 12.7. The lowest BCUT2D eigenvalue weighted by Gasteiger charge is -2.36. The Morgan fingerprint density at radius 1 is 1.32 bits per heavy atom. The van der Waals surface area contributed by atoms with Crippen LogP contribution in [0, 0.1) is 5.92 Å². The summed E-state index contributed by atoms with van der Waals surface area (Å²) in [5.41, 5.74) is -0.0113. The van der Waals surface area contributed by atoms with Crippen LogP contribution in [0.5, 0.6) is 0 Å². The van der Waals surface area contributed by atoms with Crippen molar-refractivity contribution < 1.29 is 14.3 Å². The van der Waals surface area contributed by atoms with Crippen LogP contribution in [0.15, 0.2) is 18.2 Å². The number of ether oxygens (including phenoxy) is 1. The first kappa shape index (κ1) is 22.8. The molecule has 28 heavy (non-hydrogen) atoms. The van der Waals surface area contributed by atoms with Crippen LogP contribution in [0.4, 0.5) is 10.5 Å². The van der Waals surface area contributed by atoms with E-state index in [2.05, 4.69) is 15.5 Å². The summed E-state index contributed by atoms with van der Waals surface area (Å²) in [6.45, 7) is 9.47. The molecule has 0 aliphatic carbocycles. The van der Waals surface area contributed by atoms with Crippen molar-refractivity contribution in [3.63, 3.8) is 0 Å². The summed E-state index contributed by atoms with van der Waals surface area (Å²) in [7, 11) is 0. The Kier molecular flexibility index (Phi) is 7.98. The third kappa shape index (κ3) is 7.15. The largest absolute Gasteiger partial charge is 0.444 e. The van der Waals surface area contributed by atoms with E-state index in [9.17, 15) is 9.59 Å². The molecule has 2 atom stereocenters. The molecule has 1 heterocycles. The quantitative estimate of drug-likeness (QED) is 0.719. The highest BCUT2D eigenvalue weighted by atomic mass is 35.5. The molecule has 1 saturated heterocycles. The first-order valence-electron chi connectivity index (χ1n) is 9.52. The molecule has 1 aliphatic rings. The van der Waals surface area contributed by atoms with Crippen LogP contribution in [0.2, 0.25) is 10.0 Å². The number of amides is 2. The van der Waals surface area contributed by atoms with Gasteiger partial charge in [0, 0.05) is 18.1 Å². The zero-order valence-electron chi connectivity index (χ0n) is 16.9. The number of rotatable bonds is 5. The lowest BCUT2D eigenvalue weighted by molar-refractivity contribution is -0.121. The van der Waals surface area contributed by atoms with E-state index in [-0.39, 0.29) is 17.9 Å². The second-order valence-corrected chi connectivity index (χ2v) is 9.02. The second-order valence-electron chi connectivity index (χ2n) is 8.18. The minimum atomic E-state index is -0.517. The Morgan fingerprint density at radius 3 is 2.71 bits per heavy atom. The van der Waals surface area contributed by atoms with Crippen molar-refractivity contribution in [3.05, 3.63) is 28.2 Å². The summed E-state index contributed by atoms with van der Waals surface area (Å²) >= 11 is 12.1. The van der Waals surface area contributed by atoms with Crippen LogP contribution in [0.1, 0.15) is 40.5 Å². The Balaban J connectivity index is 1.87. The number of anilines is 1. The van der Waals surface area contributed by atoms with E-state index < -0.39 is 11.7 Å². The third-order valence-corrected chi connectivity index (χ3v) is 5.16. The van der Waals surface area contributed by atoms with Gasteiger partial charge in [0.15, 0.2) is 0 Å². The topological polar surface area (TPSA) is 70.7 Å². The molecule has 6 nitrogen and oxygen atoms in total. The highest BCUT2D eigenvalue weighted by Crippen LogP contribution is 2.26. The number of benzene rings is 1. The maximum atomic E-state index is 12.7. The lowest BCUT2D eigenvalue weighted by atomic mass is 9.96. The van der Waals surface area contributed by atoms with Crippen LogP contribution in [0.25, 0.3) is 0 Å². The van der Waals surface area contributed by atoms with Crippen molar-refractivity contribution in [2.75, 3.05) is 25.0 Å². The van der Waals surface area contributed by atoms with Gasteiger partial charge in [0.05, 0.1) is 16.8 Å². The molecule has 1 aromatic carbocycles. The first-order chi connectivity index (χ1) is 13.0. The number of likely N-dealkylation sites (tertiary alicyclic amines) is 1. The van der Waals surface area contributed by atoms with Gasteiger partial charge in [-0.2, -0.15) is 0 Å². The highest BCUT2D eigenvalue weighted by Gasteiger charge is 2.28. The van der Waals surface area contributed by atoms with Crippen LogP contribution < -0.4 is 10.6 Å². The van der Waals surface area contributed by atoms with Crippen molar-refractivity contribution in [3.8, 4) is 0 Å². The number of carbonyl (C=O) groups excluding carboxylic acids is 2. The van der Waals surface area contributed by atoms with E-state index in [1.54, 1.807) is 18.2 Å². The standard InChI is InChI=1S/C20H29Cl2N3O3/c1-13(18(26)24-17-10-15(21)7-8-16(17)22)25-9-5-6-14(12-25)11-23-19(27)28-20(2,3)4/h7-8,10,13-14H,5-6,9,11-12H2,1-4H3,(H,23,27)(H,24,26). The molecule has 156 valence electrons. The van der Waals surface area contributed by atoms with Crippen LogP contribution >= 0.6 is 23.2 Å². The number of hydrogen-bond acceptors (Lipinski definition) is 4. The minimum Gasteiger partial charge on any atom is -0.444 e. The summed E-state index contributed by atoms with van der Waals surface area (Å²) in [6.07, 6.45) is 1.56. The average Bonchev–Trinajstić information content (AvgIpc) is 2.61. The lowest BCUT2D eigenvalue weighted by Crippen LogP contribution is -2.49. The zero-order chi connectivity index (χ0) is 20.9. The summed E-state index contributed by atoms with van der Waals surface area (Å²) in [4.78, 5) is 26.6. The second kappa shape index (κ2) is 9.81. The summed E-state index contributed by atoms with van der Waals surface area (Å²) in [5, 5.41) is 6.64. The van der Waals surface area contributed by atoms with Crippen LogP contribution in [0.3, 0.4) is 0 Å². The van der Waals surface area contributed by atoms with Crippen LogP contribution in [-0.4, -0.2) is 48.2 Å². The molecule has 1 aliphatic heterocycles. The predicted molar refractivity (Wildman–Crippen MR) is 113 cm³/mol. The van der Waals surface area contributed by atoms with Gasteiger partial charge in [-0.15, -0.1) is 0 Å². The van der Waals surface area contributed by atoms with E-state index in [1.807, 2.05) is 27.7 Å². The van der Waals surface area contributed by atoms with E-state index in [0.29, 0.717) is 22.3 Å². The van der Waals surface area contributed by atoms with Gasteiger partial charge in [-0.05, 0) is 71.2 Å². The number of nitrogens with zero attached hydrogens (tertiary/aromatic N) is 1. The van der Waals surface area contributed by atoms with Crippen molar-refractivity contribution in [1.29, 1.82) is 0 Å². The fourth-order valence-corrected chi connectivity index (χ4v) is 3.49. The molecule has 2 amide bonds. The van der Waals surface area contributed by atoms with Crippen molar-refractivity contribution in [1.82, 2.24) is 10.2 Å². The minimum absolute atomic E-state index is 0.134. The van der Waals surface area contributed by atoms with Gasteiger partial charge in [0.2, 0.25) is 5.91 Å². The van der Waals surface area contributed by atoms with Gasteiger partial charge < -0.3 is 15.4 Å². The van der Waals surface area contributed by atoms with Crippen LogP contribution in [-0.2, 0) is 9.53 Å². The monoisotopic (exact) mass is 429 g/mol. The summed E-state index contributed by atoms with van der Waals surface area (Å²) in [6, 6.07) is 4.65. The smallest absolute Gasteiger partial charge is 0.407 e. The molecule has 0 spiro atoms. The molecule has 2 N–H and O–H groups in total. The zero-order valence-corrected chi connectivity index (χ0v) is 18.4. The normalized spacial score (nSPS) is 19.0. The fraction of sp³-hybridized carbons (Fsp3) is 0.600. The van der Waals surface area contributed by atoms with E-state index in [1.165, 1.54) is 0 Å². The van der Waals surface area contributed by atoms with Crippen molar-refractivity contribution in [2.24, 2.45) is 5.92 Å². The van der Waals surface area contributed by atoms with E-state index >= 15 is 0 Å². The number of carbonyl (C=O) groups is 2. The van der Waals surface area contributed by atoms with Crippen molar-refractivity contribution in [2.45, 2.75) is 52.2 Å². The third-order valence-electron chi connectivity index (χ3n) is 4.60. The maximum Gasteiger partial charge on any atom is 0.407 e. The van der Waals surface area contributed by atoms with Gasteiger partial charge in [-0.1, -0.05) is 23.2 Å². The number of alkyl carbamates (subject to hydrolysis) is 1. The molecular weight excluding hydrogens is 401 g/mol. The molecule has 0 bridgehead atoms. The van der Waals surface area contributed by atoms with Gasteiger partial charge >= 0.3 is 6.09 Å². The number of nitrogens with one attached hydrogen (secondary N) is 2.